The number of nitrogens with zero attached hydrogens (tertiary/aromatic N) is 1. The SMILES string of the molecule is O=c1ssc(N(Cc2ccccc2)CC2CC2)c1Cl. The van der Waals surface area contributed by atoms with Crippen LogP contribution in [0.3, 0.4) is 0 Å². The van der Waals surface area contributed by atoms with Crippen LogP contribution in [-0.2, 0) is 6.54 Å². The van der Waals surface area contributed by atoms with Crippen molar-refractivity contribution in [1.29, 1.82) is 0 Å². The lowest BCUT2D eigenvalue weighted by Gasteiger charge is -2.23. The maximum absolute atomic E-state index is 11.6. The Morgan fingerprint density at radius 3 is 2.53 bits per heavy atom. The lowest BCUT2D eigenvalue weighted by atomic mass is 10.2. The van der Waals surface area contributed by atoms with Crippen molar-refractivity contribution in [2.24, 2.45) is 5.92 Å². The smallest absolute Gasteiger partial charge is 0.263 e. The van der Waals surface area contributed by atoms with Crippen molar-refractivity contribution in [3.63, 3.8) is 0 Å². The van der Waals surface area contributed by atoms with Gasteiger partial charge in [-0.15, -0.1) is 0 Å². The van der Waals surface area contributed by atoms with E-state index in [1.54, 1.807) is 0 Å². The van der Waals surface area contributed by atoms with Crippen molar-refractivity contribution in [1.82, 2.24) is 0 Å². The molecule has 2 aromatic rings. The monoisotopic (exact) mass is 311 g/mol. The van der Waals surface area contributed by atoms with E-state index in [0.717, 1.165) is 24.0 Å². The molecule has 1 aromatic carbocycles. The Hall–Kier alpha value is -0.840. The van der Waals surface area contributed by atoms with Gasteiger partial charge in [-0.2, -0.15) is 0 Å². The molecule has 3 rings (SSSR count). The molecule has 1 aliphatic carbocycles. The number of benzene rings is 1. The molecule has 0 aliphatic heterocycles. The highest BCUT2D eigenvalue weighted by atomic mass is 35.5. The molecule has 1 fully saturated rings. The molecule has 0 spiro atoms. The zero-order chi connectivity index (χ0) is 13.2. The molecule has 0 N–H and O–H groups in total. The fourth-order valence-electron chi connectivity index (χ4n) is 2.06. The van der Waals surface area contributed by atoms with Gasteiger partial charge in [-0.1, -0.05) is 52.3 Å². The Morgan fingerprint density at radius 2 is 1.95 bits per heavy atom. The largest absolute Gasteiger partial charge is 0.357 e. The summed E-state index contributed by atoms with van der Waals surface area (Å²) in [4.78, 5) is 13.8. The van der Waals surface area contributed by atoms with E-state index in [-0.39, 0.29) is 4.74 Å². The molecule has 0 bridgehead atoms. The fourth-order valence-corrected chi connectivity index (χ4v) is 4.77. The van der Waals surface area contributed by atoms with Crippen LogP contribution in [0.1, 0.15) is 18.4 Å². The molecule has 0 radical (unpaired) electrons. The van der Waals surface area contributed by atoms with Gasteiger partial charge in [0, 0.05) is 13.1 Å². The van der Waals surface area contributed by atoms with Gasteiger partial charge in [-0.05, 0) is 34.7 Å². The van der Waals surface area contributed by atoms with E-state index in [0.29, 0.717) is 5.02 Å². The highest BCUT2D eigenvalue weighted by Gasteiger charge is 2.26. The predicted octanol–water partition coefficient (Wildman–Crippen LogP) is 4.24. The number of hydrogen-bond acceptors (Lipinski definition) is 4. The predicted molar refractivity (Wildman–Crippen MR) is 83.7 cm³/mol. The zero-order valence-corrected chi connectivity index (χ0v) is 12.7. The van der Waals surface area contributed by atoms with Gasteiger partial charge in [-0.25, -0.2) is 0 Å². The van der Waals surface area contributed by atoms with Crippen molar-refractivity contribution in [3.05, 3.63) is 50.5 Å². The van der Waals surface area contributed by atoms with Crippen molar-refractivity contribution in [2.45, 2.75) is 19.4 Å². The van der Waals surface area contributed by atoms with E-state index in [4.69, 9.17) is 11.6 Å². The first-order valence-electron chi connectivity index (χ1n) is 6.31. The molecule has 100 valence electrons. The molecule has 0 saturated heterocycles. The van der Waals surface area contributed by atoms with Crippen molar-refractivity contribution in [2.75, 3.05) is 11.4 Å². The van der Waals surface area contributed by atoms with Crippen LogP contribution in [0, 0.1) is 5.92 Å². The highest BCUT2D eigenvalue weighted by Crippen LogP contribution is 2.37. The summed E-state index contributed by atoms with van der Waals surface area (Å²) in [6, 6.07) is 10.3. The molecular weight excluding hydrogens is 298 g/mol. The molecule has 0 atom stereocenters. The van der Waals surface area contributed by atoms with Crippen LogP contribution in [0.2, 0.25) is 5.02 Å². The van der Waals surface area contributed by atoms with E-state index in [1.165, 1.54) is 39.1 Å². The van der Waals surface area contributed by atoms with Gasteiger partial charge in [0.1, 0.15) is 10.0 Å². The second-order valence-electron chi connectivity index (χ2n) is 4.88. The molecule has 0 unspecified atom stereocenters. The number of halogens is 1. The normalized spacial score (nSPS) is 14.6. The first-order chi connectivity index (χ1) is 9.24. The van der Waals surface area contributed by atoms with Crippen LogP contribution in [0.15, 0.2) is 35.1 Å². The Kier molecular flexibility index (Phi) is 3.91. The van der Waals surface area contributed by atoms with Gasteiger partial charge in [-0.3, -0.25) is 4.79 Å². The zero-order valence-electron chi connectivity index (χ0n) is 10.3. The third-order valence-electron chi connectivity index (χ3n) is 3.24. The lowest BCUT2D eigenvalue weighted by Crippen LogP contribution is -2.24. The average molecular weight is 312 g/mol. The Bertz CT molecular complexity index is 603. The minimum absolute atomic E-state index is 0.0180. The summed E-state index contributed by atoms with van der Waals surface area (Å²) >= 11 is 6.14. The second kappa shape index (κ2) is 5.65. The first-order valence-corrected chi connectivity index (χ1v) is 8.84. The van der Waals surface area contributed by atoms with Gasteiger partial charge in [0.25, 0.3) is 4.74 Å². The summed E-state index contributed by atoms with van der Waals surface area (Å²) in [5.41, 5.74) is 1.25. The Morgan fingerprint density at radius 1 is 1.21 bits per heavy atom. The second-order valence-corrected chi connectivity index (χ2v) is 7.35. The Labute approximate surface area is 124 Å². The summed E-state index contributed by atoms with van der Waals surface area (Å²) in [7, 11) is 2.73. The molecule has 2 nitrogen and oxygen atoms in total. The van der Waals surface area contributed by atoms with Crippen LogP contribution >= 0.6 is 32.3 Å². The van der Waals surface area contributed by atoms with Crippen LogP contribution in [-0.4, -0.2) is 6.54 Å². The van der Waals surface area contributed by atoms with Crippen molar-refractivity contribution >= 4 is 37.3 Å². The maximum Gasteiger partial charge on any atom is 0.263 e. The third-order valence-corrected chi connectivity index (χ3v) is 6.05. The lowest BCUT2D eigenvalue weighted by molar-refractivity contribution is 0.728. The number of hydrogen-bond donors (Lipinski definition) is 0. The maximum atomic E-state index is 11.6. The van der Waals surface area contributed by atoms with Gasteiger partial charge in [0.2, 0.25) is 0 Å². The first kappa shape index (κ1) is 13.2. The van der Waals surface area contributed by atoms with E-state index in [2.05, 4.69) is 17.0 Å². The van der Waals surface area contributed by atoms with E-state index < -0.39 is 0 Å². The molecule has 1 aromatic heterocycles. The summed E-state index contributed by atoms with van der Waals surface area (Å²) in [6.45, 7) is 1.82. The summed E-state index contributed by atoms with van der Waals surface area (Å²) in [5, 5.41) is 1.33. The van der Waals surface area contributed by atoms with Crippen molar-refractivity contribution < 1.29 is 0 Å². The Balaban J connectivity index is 1.84. The molecule has 0 amide bonds. The van der Waals surface area contributed by atoms with Gasteiger partial charge >= 0.3 is 0 Å². The van der Waals surface area contributed by atoms with Gasteiger partial charge in [0.05, 0.1) is 0 Å². The standard InChI is InChI=1S/C14H14ClNOS2/c15-12-13(18-19-14(12)17)16(9-11-6-7-11)8-10-4-2-1-3-5-10/h1-5,11H,6-9H2. The number of rotatable bonds is 5. The van der Waals surface area contributed by atoms with Gasteiger partial charge in [0.15, 0.2) is 0 Å². The number of anilines is 1. The molecule has 5 heteroatoms. The third kappa shape index (κ3) is 3.19. The highest BCUT2D eigenvalue weighted by molar-refractivity contribution is 7.70. The van der Waals surface area contributed by atoms with E-state index in [1.807, 2.05) is 18.2 Å². The van der Waals surface area contributed by atoms with Crippen molar-refractivity contribution in [3.8, 4) is 0 Å². The molecule has 1 aliphatic rings. The molecular formula is C14H14ClNOS2. The summed E-state index contributed by atoms with van der Waals surface area (Å²) in [5.74, 6) is 0.766. The topological polar surface area (TPSA) is 20.3 Å². The average Bonchev–Trinajstić information content (AvgIpc) is 3.17. The fraction of sp³-hybridized carbons (Fsp3) is 0.357. The summed E-state index contributed by atoms with van der Waals surface area (Å²) in [6.07, 6.45) is 2.59. The summed E-state index contributed by atoms with van der Waals surface area (Å²) < 4.78 is -0.0180. The van der Waals surface area contributed by atoms with Crippen LogP contribution in [0.5, 0.6) is 0 Å². The molecule has 1 heterocycles. The van der Waals surface area contributed by atoms with Crippen LogP contribution in [0.4, 0.5) is 5.00 Å². The quantitative estimate of drug-likeness (QED) is 0.770. The minimum Gasteiger partial charge on any atom is -0.357 e. The van der Waals surface area contributed by atoms with E-state index in [9.17, 15) is 4.79 Å². The van der Waals surface area contributed by atoms with Gasteiger partial charge < -0.3 is 4.90 Å². The van der Waals surface area contributed by atoms with E-state index >= 15 is 0 Å². The van der Waals surface area contributed by atoms with Crippen LogP contribution < -0.4 is 9.64 Å². The minimum atomic E-state index is -0.0180. The molecule has 1 saturated carbocycles. The molecule has 19 heavy (non-hydrogen) atoms. The van der Waals surface area contributed by atoms with Crippen LogP contribution in [0.25, 0.3) is 0 Å².